The highest BCUT2D eigenvalue weighted by atomic mass is 16.5. The van der Waals surface area contributed by atoms with Crippen LogP contribution in [0.1, 0.15) is 22.8 Å². The van der Waals surface area contributed by atoms with E-state index in [1.165, 1.54) is 10.8 Å². The first-order valence-electron chi connectivity index (χ1n) is 9.81. The molecule has 7 nitrogen and oxygen atoms in total. The molecule has 2 aromatic heterocycles. The van der Waals surface area contributed by atoms with E-state index in [2.05, 4.69) is 10.3 Å². The van der Waals surface area contributed by atoms with Gasteiger partial charge in [-0.15, -0.1) is 0 Å². The fraction of sp³-hybridized carbons (Fsp3) is 0.125. The maximum absolute atomic E-state index is 13.4. The van der Waals surface area contributed by atoms with Crippen molar-refractivity contribution in [3.8, 4) is 17.2 Å². The SMILES string of the molecule is CCc1ccc(NC(=O)c2c(O)c3cccnc3n(-c3ccc(OC)cc3)c2=O)cc1. The van der Waals surface area contributed by atoms with Crippen LogP contribution >= 0.6 is 0 Å². The fourth-order valence-corrected chi connectivity index (χ4v) is 3.40. The molecule has 0 atom stereocenters. The van der Waals surface area contributed by atoms with Crippen molar-refractivity contribution in [2.24, 2.45) is 0 Å². The van der Waals surface area contributed by atoms with Gasteiger partial charge in [0.15, 0.2) is 5.65 Å². The molecule has 0 aliphatic carbocycles. The molecule has 1 amide bonds. The highest BCUT2D eigenvalue weighted by Gasteiger charge is 2.23. The number of aromatic nitrogens is 2. The first kappa shape index (κ1) is 20.2. The Morgan fingerprint density at radius 1 is 1.10 bits per heavy atom. The lowest BCUT2D eigenvalue weighted by Crippen LogP contribution is -2.29. The second-order valence-corrected chi connectivity index (χ2v) is 6.94. The molecule has 0 spiro atoms. The average molecular weight is 415 g/mol. The monoisotopic (exact) mass is 415 g/mol. The number of methoxy groups -OCH3 is 1. The molecule has 0 saturated heterocycles. The van der Waals surface area contributed by atoms with Crippen LogP contribution in [0, 0.1) is 0 Å². The van der Waals surface area contributed by atoms with E-state index in [1.54, 1.807) is 55.6 Å². The molecule has 2 heterocycles. The summed E-state index contributed by atoms with van der Waals surface area (Å²) in [6, 6.07) is 17.4. The summed E-state index contributed by atoms with van der Waals surface area (Å²) < 4.78 is 6.49. The standard InChI is InChI=1S/C24H21N3O4/c1-3-15-6-8-16(9-7-15)26-23(29)20-21(28)19-5-4-14-25-22(19)27(24(20)30)17-10-12-18(31-2)13-11-17/h4-14,28H,3H2,1-2H3,(H,26,29). The molecule has 0 fully saturated rings. The summed E-state index contributed by atoms with van der Waals surface area (Å²) in [7, 11) is 1.55. The van der Waals surface area contributed by atoms with E-state index in [1.807, 2.05) is 19.1 Å². The number of aryl methyl sites for hydroxylation is 1. The molecule has 0 saturated carbocycles. The molecular formula is C24H21N3O4. The van der Waals surface area contributed by atoms with Gasteiger partial charge in [-0.1, -0.05) is 19.1 Å². The number of nitrogens with one attached hydrogen (secondary N) is 1. The van der Waals surface area contributed by atoms with Crippen LogP contribution in [0.2, 0.25) is 0 Å². The molecule has 2 N–H and O–H groups in total. The van der Waals surface area contributed by atoms with Crippen LogP contribution in [0.4, 0.5) is 5.69 Å². The number of carbonyl (C=O) groups excluding carboxylic acids is 1. The van der Waals surface area contributed by atoms with E-state index in [0.717, 1.165) is 12.0 Å². The third-order valence-electron chi connectivity index (χ3n) is 5.09. The Balaban J connectivity index is 1.86. The Kier molecular flexibility index (Phi) is 5.41. The van der Waals surface area contributed by atoms with Gasteiger partial charge in [0.25, 0.3) is 11.5 Å². The summed E-state index contributed by atoms with van der Waals surface area (Å²) in [6.07, 6.45) is 2.40. The van der Waals surface area contributed by atoms with E-state index in [9.17, 15) is 14.7 Å². The van der Waals surface area contributed by atoms with Gasteiger partial charge in [0.2, 0.25) is 0 Å². The largest absolute Gasteiger partial charge is 0.506 e. The van der Waals surface area contributed by atoms with E-state index in [-0.39, 0.29) is 11.2 Å². The number of benzene rings is 2. The summed E-state index contributed by atoms with van der Waals surface area (Å²) in [5.74, 6) is -0.471. The second kappa shape index (κ2) is 8.31. The molecule has 0 aliphatic heterocycles. The van der Waals surface area contributed by atoms with Crippen molar-refractivity contribution in [2.45, 2.75) is 13.3 Å². The molecular weight excluding hydrogens is 394 g/mol. The van der Waals surface area contributed by atoms with E-state index >= 15 is 0 Å². The van der Waals surface area contributed by atoms with Gasteiger partial charge in [0, 0.05) is 11.9 Å². The van der Waals surface area contributed by atoms with E-state index in [4.69, 9.17) is 4.74 Å². The van der Waals surface area contributed by atoms with Gasteiger partial charge >= 0.3 is 0 Å². The van der Waals surface area contributed by atoms with Crippen molar-refractivity contribution in [2.75, 3.05) is 12.4 Å². The number of aromatic hydroxyl groups is 1. The normalized spacial score (nSPS) is 10.8. The van der Waals surface area contributed by atoms with E-state index in [0.29, 0.717) is 22.5 Å². The zero-order valence-electron chi connectivity index (χ0n) is 17.1. The minimum atomic E-state index is -0.695. The topological polar surface area (TPSA) is 93.5 Å². The first-order chi connectivity index (χ1) is 15.0. The molecule has 156 valence electrons. The van der Waals surface area contributed by atoms with Gasteiger partial charge < -0.3 is 15.2 Å². The third-order valence-corrected chi connectivity index (χ3v) is 5.09. The highest BCUT2D eigenvalue weighted by Crippen LogP contribution is 2.28. The zero-order chi connectivity index (χ0) is 22.0. The van der Waals surface area contributed by atoms with Crippen molar-refractivity contribution in [3.63, 3.8) is 0 Å². The number of fused-ring (bicyclic) bond motifs is 1. The second-order valence-electron chi connectivity index (χ2n) is 6.94. The summed E-state index contributed by atoms with van der Waals surface area (Å²) in [4.78, 5) is 30.6. The lowest BCUT2D eigenvalue weighted by Gasteiger charge is -2.14. The fourth-order valence-electron chi connectivity index (χ4n) is 3.40. The minimum absolute atomic E-state index is 0.249. The van der Waals surface area contributed by atoms with Gasteiger partial charge in [-0.2, -0.15) is 0 Å². The Hall–Kier alpha value is -4.13. The zero-order valence-corrected chi connectivity index (χ0v) is 17.1. The first-order valence-corrected chi connectivity index (χ1v) is 9.81. The van der Waals surface area contributed by atoms with Crippen molar-refractivity contribution in [1.29, 1.82) is 0 Å². The summed E-state index contributed by atoms with van der Waals surface area (Å²) in [6.45, 7) is 2.04. The van der Waals surface area contributed by atoms with Gasteiger partial charge in [-0.3, -0.25) is 14.2 Å². The number of ether oxygens (including phenoxy) is 1. The van der Waals surface area contributed by atoms with Gasteiger partial charge in [-0.25, -0.2) is 4.98 Å². The molecule has 7 heteroatoms. The number of nitrogens with zero attached hydrogens (tertiary/aromatic N) is 2. The summed E-state index contributed by atoms with van der Waals surface area (Å²) in [5.41, 5.74) is 1.38. The molecule has 4 rings (SSSR count). The molecule has 0 bridgehead atoms. The maximum atomic E-state index is 13.4. The molecule has 2 aromatic carbocycles. The maximum Gasteiger partial charge on any atom is 0.273 e. The molecule has 31 heavy (non-hydrogen) atoms. The third kappa shape index (κ3) is 3.73. The Labute approximate surface area is 178 Å². The smallest absolute Gasteiger partial charge is 0.273 e. The Morgan fingerprint density at radius 3 is 2.45 bits per heavy atom. The summed E-state index contributed by atoms with van der Waals surface area (Å²) >= 11 is 0. The van der Waals surface area contributed by atoms with Crippen molar-refractivity contribution >= 4 is 22.6 Å². The quantitative estimate of drug-likeness (QED) is 0.515. The molecule has 0 radical (unpaired) electrons. The minimum Gasteiger partial charge on any atom is -0.506 e. The number of rotatable bonds is 5. The van der Waals surface area contributed by atoms with Crippen LogP contribution in [0.5, 0.6) is 11.5 Å². The van der Waals surface area contributed by atoms with Gasteiger partial charge in [-0.05, 0) is 60.5 Å². The predicted octanol–water partition coefficient (Wildman–Crippen LogP) is 3.91. The van der Waals surface area contributed by atoms with Crippen LogP contribution in [-0.4, -0.2) is 27.7 Å². The van der Waals surface area contributed by atoms with Crippen LogP contribution < -0.4 is 15.6 Å². The number of hydrogen-bond donors (Lipinski definition) is 2. The lowest BCUT2D eigenvalue weighted by atomic mass is 10.1. The molecule has 0 aliphatic rings. The van der Waals surface area contributed by atoms with Crippen LogP contribution in [0.25, 0.3) is 16.7 Å². The number of anilines is 1. The number of carbonyl (C=O) groups is 1. The predicted molar refractivity (Wildman–Crippen MR) is 119 cm³/mol. The van der Waals surface area contributed by atoms with Gasteiger partial charge in [0.05, 0.1) is 18.2 Å². The molecule has 4 aromatic rings. The van der Waals surface area contributed by atoms with Gasteiger partial charge in [0.1, 0.15) is 17.1 Å². The molecule has 0 unspecified atom stereocenters. The van der Waals surface area contributed by atoms with Crippen molar-refractivity contribution in [1.82, 2.24) is 9.55 Å². The van der Waals surface area contributed by atoms with Crippen LogP contribution in [0.15, 0.2) is 71.7 Å². The Bertz CT molecular complexity index is 1310. The number of pyridine rings is 2. The number of amides is 1. The Morgan fingerprint density at radius 2 is 1.81 bits per heavy atom. The lowest BCUT2D eigenvalue weighted by molar-refractivity contribution is 0.102. The van der Waals surface area contributed by atoms with Crippen LogP contribution in [-0.2, 0) is 6.42 Å². The average Bonchev–Trinajstić information content (AvgIpc) is 2.80. The van der Waals surface area contributed by atoms with Crippen molar-refractivity contribution < 1.29 is 14.6 Å². The highest BCUT2D eigenvalue weighted by molar-refractivity contribution is 6.09. The van der Waals surface area contributed by atoms with Crippen LogP contribution in [0.3, 0.4) is 0 Å². The summed E-state index contributed by atoms with van der Waals surface area (Å²) in [5, 5.41) is 13.8. The van der Waals surface area contributed by atoms with E-state index < -0.39 is 17.2 Å². The van der Waals surface area contributed by atoms with Crippen molar-refractivity contribution in [3.05, 3.63) is 88.3 Å². The number of hydrogen-bond acceptors (Lipinski definition) is 5.